The number of azo groups is 1. The van der Waals surface area contributed by atoms with E-state index in [9.17, 15) is 25.5 Å². The van der Waals surface area contributed by atoms with Crippen LogP contribution in [0.15, 0.2) is 52.7 Å². The monoisotopic (exact) mass is 374 g/mol. The van der Waals surface area contributed by atoms with Crippen molar-refractivity contribution in [2.45, 2.75) is 37.4 Å². The van der Waals surface area contributed by atoms with E-state index in [1.54, 1.807) is 42.5 Å². The van der Waals surface area contributed by atoms with E-state index in [2.05, 4.69) is 10.2 Å². The number of aromatic hydroxyl groups is 1. The largest absolute Gasteiger partial charge is 0.506 e. The number of ether oxygens (including phenoxy) is 1. The van der Waals surface area contributed by atoms with Gasteiger partial charge in [-0.25, -0.2) is 0 Å². The van der Waals surface area contributed by atoms with Crippen LogP contribution in [0.5, 0.6) is 5.75 Å². The average Bonchev–Trinajstić information content (AvgIpc) is 2.68. The highest BCUT2D eigenvalue weighted by Gasteiger charge is 2.43. The van der Waals surface area contributed by atoms with Crippen LogP contribution >= 0.6 is 0 Å². The van der Waals surface area contributed by atoms with Crippen molar-refractivity contribution in [1.82, 2.24) is 0 Å². The first kappa shape index (κ1) is 19.4. The fraction of sp³-hybridized carbons (Fsp3) is 0.368. The van der Waals surface area contributed by atoms with E-state index in [1.807, 2.05) is 6.92 Å². The topological polar surface area (TPSA) is 135 Å². The van der Waals surface area contributed by atoms with E-state index in [0.717, 1.165) is 5.56 Å². The maximum Gasteiger partial charge on any atom is 0.143 e. The predicted molar refractivity (Wildman–Crippen MR) is 96.2 cm³/mol. The van der Waals surface area contributed by atoms with Gasteiger partial charge in [-0.1, -0.05) is 18.2 Å². The van der Waals surface area contributed by atoms with E-state index in [-0.39, 0.29) is 5.75 Å². The predicted octanol–water partition coefficient (Wildman–Crippen LogP) is 1.63. The number of nitrogens with zero attached hydrogens (tertiary/aromatic N) is 2. The summed E-state index contributed by atoms with van der Waals surface area (Å²) in [6.07, 6.45) is -6.01. The lowest BCUT2D eigenvalue weighted by Crippen LogP contribution is -2.55. The summed E-state index contributed by atoms with van der Waals surface area (Å²) in [4.78, 5) is 0. The van der Waals surface area contributed by atoms with Gasteiger partial charge in [0.25, 0.3) is 0 Å². The van der Waals surface area contributed by atoms with Crippen molar-refractivity contribution in [1.29, 1.82) is 0 Å². The zero-order chi connectivity index (χ0) is 19.6. The molecule has 8 heteroatoms. The summed E-state index contributed by atoms with van der Waals surface area (Å²) in [5.74, 6) is 0.0299. The smallest absolute Gasteiger partial charge is 0.143 e. The van der Waals surface area contributed by atoms with Crippen molar-refractivity contribution >= 4 is 11.4 Å². The Kier molecular flexibility index (Phi) is 5.83. The number of rotatable bonds is 4. The third kappa shape index (κ3) is 4.15. The molecule has 5 atom stereocenters. The average molecular weight is 374 g/mol. The number of phenols is 1. The summed E-state index contributed by atoms with van der Waals surface area (Å²) in [5, 5.41) is 57.1. The Morgan fingerprint density at radius 2 is 1.63 bits per heavy atom. The van der Waals surface area contributed by atoms with Crippen LogP contribution in [0, 0.1) is 6.92 Å². The molecule has 3 rings (SSSR count). The van der Waals surface area contributed by atoms with Crippen LogP contribution in [0.2, 0.25) is 0 Å². The number of benzene rings is 2. The van der Waals surface area contributed by atoms with Crippen LogP contribution in [0.4, 0.5) is 11.4 Å². The molecule has 8 nitrogen and oxygen atoms in total. The molecule has 1 saturated heterocycles. The van der Waals surface area contributed by atoms with Gasteiger partial charge in [-0.2, -0.15) is 5.11 Å². The van der Waals surface area contributed by atoms with E-state index in [4.69, 9.17) is 4.74 Å². The second kappa shape index (κ2) is 8.12. The first-order valence-electron chi connectivity index (χ1n) is 8.52. The Bertz CT molecular complexity index is 808. The van der Waals surface area contributed by atoms with Gasteiger partial charge in [-0.3, -0.25) is 0 Å². The Balaban J connectivity index is 1.77. The van der Waals surface area contributed by atoms with Crippen LogP contribution in [0.1, 0.15) is 17.2 Å². The van der Waals surface area contributed by atoms with Crippen LogP contribution in [0.3, 0.4) is 0 Å². The van der Waals surface area contributed by atoms with Crippen LogP contribution in [0.25, 0.3) is 0 Å². The SMILES string of the molecule is Cc1ccc(O)c(N=Nc2ccc([C@@H]3O[C@H](CO)[C@@H](O)[C@H](O)[C@H]3O)cc2)c1. The maximum absolute atomic E-state index is 10.2. The van der Waals surface area contributed by atoms with Gasteiger partial charge in [0, 0.05) is 0 Å². The molecule has 1 heterocycles. The number of aliphatic hydroxyl groups is 4. The van der Waals surface area contributed by atoms with Gasteiger partial charge in [-0.15, -0.1) is 5.11 Å². The van der Waals surface area contributed by atoms with Crippen molar-refractivity contribution in [3.05, 3.63) is 53.6 Å². The van der Waals surface area contributed by atoms with Gasteiger partial charge in [0.15, 0.2) is 0 Å². The molecule has 27 heavy (non-hydrogen) atoms. The highest BCUT2D eigenvalue weighted by molar-refractivity contribution is 5.52. The fourth-order valence-electron chi connectivity index (χ4n) is 2.93. The molecular formula is C19H22N2O6. The zero-order valence-electron chi connectivity index (χ0n) is 14.7. The third-order valence-electron chi connectivity index (χ3n) is 4.52. The highest BCUT2D eigenvalue weighted by atomic mass is 16.5. The summed E-state index contributed by atoms with van der Waals surface area (Å²) in [6.45, 7) is 1.40. The molecule has 0 aliphatic carbocycles. The minimum Gasteiger partial charge on any atom is -0.506 e. The van der Waals surface area contributed by atoms with Crippen molar-refractivity contribution < 1.29 is 30.3 Å². The minimum atomic E-state index is -1.43. The van der Waals surface area contributed by atoms with Crippen molar-refractivity contribution in [3.8, 4) is 5.75 Å². The second-order valence-corrected chi connectivity index (χ2v) is 6.53. The second-order valence-electron chi connectivity index (χ2n) is 6.53. The Labute approximate surface area is 156 Å². The Morgan fingerprint density at radius 1 is 0.926 bits per heavy atom. The molecule has 1 fully saturated rings. The number of hydrogen-bond acceptors (Lipinski definition) is 8. The molecular weight excluding hydrogens is 352 g/mol. The molecule has 0 unspecified atom stereocenters. The quantitative estimate of drug-likeness (QED) is 0.516. The van der Waals surface area contributed by atoms with E-state index >= 15 is 0 Å². The van der Waals surface area contributed by atoms with E-state index < -0.39 is 37.1 Å². The molecule has 5 N–H and O–H groups in total. The summed E-state index contributed by atoms with van der Waals surface area (Å²) in [5.41, 5.74) is 2.38. The van der Waals surface area contributed by atoms with Gasteiger partial charge >= 0.3 is 0 Å². The molecule has 0 saturated carbocycles. The number of aryl methyl sites for hydroxylation is 1. The summed E-state index contributed by atoms with van der Waals surface area (Å²) in [7, 11) is 0. The van der Waals surface area contributed by atoms with Crippen LogP contribution in [-0.2, 0) is 4.74 Å². The molecule has 0 amide bonds. The van der Waals surface area contributed by atoms with Gasteiger partial charge < -0.3 is 30.3 Å². The number of aliphatic hydroxyl groups excluding tert-OH is 4. The first-order valence-corrected chi connectivity index (χ1v) is 8.52. The maximum atomic E-state index is 10.2. The van der Waals surface area contributed by atoms with Crippen molar-refractivity contribution in [2.24, 2.45) is 10.2 Å². The third-order valence-corrected chi connectivity index (χ3v) is 4.52. The van der Waals surface area contributed by atoms with Crippen molar-refractivity contribution in [2.75, 3.05) is 6.61 Å². The Hall–Kier alpha value is -2.36. The Morgan fingerprint density at radius 3 is 2.30 bits per heavy atom. The molecule has 2 aromatic rings. The number of hydrogen-bond donors (Lipinski definition) is 5. The standard InChI is InChI=1S/C19H22N2O6/c1-10-2-7-14(23)13(8-10)21-20-12-5-3-11(4-6-12)19-18(26)17(25)16(24)15(9-22)27-19/h2-8,15-19,22-26H,9H2,1H3/t15-,16-,17+,18-,19+/m1/s1. The van der Waals surface area contributed by atoms with E-state index in [1.165, 1.54) is 0 Å². The lowest BCUT2D eigenvalue weighted by Gasteiger charge is -2.40. The highest BCUT2D eigenvalue weighted by Crippen LogP contribution is 2.34. The van der Waals surface area contributed by atoms with Gasteiger partial charge in [0.05, 0.1) is 12.3 Å². The number of phenolic OH excluding ortho intramolecular Hbond substituents is 1. The van der Waals surface area contributed by atoms with Crippen LogP contribution < -0.4 is 0 Å². The summed E-state index contributed by atoms with van der Waals surface area (Å²) in [6, 6.07) is 11.6. The van der Waals surface area contributed by atoms with Gasteiger partial charge in [0.1, 0.15) is 42.0 Å². The van der Waals surface area contributed by atoms with E-state index in [0.29, 0.717) is 16.9 Å². The normalized spacial score (nSPS) is 28.6. The molecule has 0 radical (unpaired) electrons. The van der Waals surface area contributed by atoms with Crippen LogP contribution in [-0.4, -0.2) is 56.6 Å². The minimum absolute atomic E-state index is 0.0299. The fourth-order valence-corrected chi connectivity index (χ4v) is 2.93. The van der Waals surface area contributed by atoms with Gasteiger partial charge in [0.2, 0.25) is 0 Å². The zero-order valence-corrected chi connectivity index (χ0v) is 14.7. The van der Waals surface area contributed by atoms with Gasteiger partial charge in [-0.05, 0) is 42.3 Å². The molecule has 0 aromatic heterocycles. The van der Waals surface area contributed by atoms with Crippen molar-refractivity contribution in [3.63, 3.8) is 0 Å². The molecule has 2 aromatic carbocycles. The lowest BCUT2D eigenvalue weighted by atomic mass is 9.91. The molecule has 1 aliphatic rings. The molecule has 0 bridgehead atoms. The molecule has 0 spiro atoms. The molecule has 1 aliphatic heterocycles. The molecule has 144 valence electrons. The summed E-state index contributed by atoms with van der Waals surface area (Å²) < 4.78 is 5.52. The lowest BCUT2D eigenvalue weighted by molar-refractivity contribution is -0.231. The first-order chi connectivity index (χ1) is 12.9. The summed E-state index contributed by atoms with van der Waals surface area (Å²) >= 11 is 0.